The number of benzene rings is 1. The van der Waals surface area contributed by atoms with Crippen LogP contribution in [0.15, 0.2) is 18.2 Å². The number of carbonyl (C=O) groups is 1. The van der Waals surface area contributed by atoms with Gasteiger partial charge in [0.05, 0.1) is 24.0 Å². The summed E-state index contributed by atoms with van der Waals surface area (Å²) in [7, 11) is 0. The van der Waals surface area contributed by atoms with Gasteiger partial charge in [-0.2, -0.15) is 0 Å². The fraction of sp³-hybridized carbons (Fsp3) is 0.364. The van der Waals surface area contributed by atoms with Crippen LogP contribution >= 0.6 is 0 Å². The summed E-state index contributed by atoms with van der Waals surface area (Å²) in [5.74, 6) is -0.976. The number of para-hydroxylation sites is 1. The van der Waals surface area contributed by atoms with Crippen LogP contribution in [0.2, 0.25) is 0 Å². The van der Waals surface area contributed by atoms with Crippen LogP contribution in [0.25, 0.3) is 0 Å². The number of aliphatic hydroxyl groups is 3. The van der Waals surface area contributed by atoms with Crippen LogP contribution in [0.3, 0.4) is 0 Å². The van der Waals surface area contributed by atoms with Crippen molar-refractivity contribution in [1.29, 1.82) is 0 Å². The molecule has 0 saturated carbocycles. The van der Waals surface area contributed by atoms with Gasteiger partial charge in [0.2, 0.25) is 0 Å². The molecule has 18 heavy (non-hydrogen) atoms. The van der Waals surface area contributed by atoms with Gasteiger partial charge in [-0.05, 0) is 12.1 Å². The zero-order chi connectivity index (χ0) is 13.7. The third-order valence-electron chi connectivity index (χ3n) is 2.41. The quantitative estimate of drug-likeness (QED) is 0.278. The predicted molar refractivity (Wildman–Crippen MR) is 64.0 cm³/mol. The second kappa shape index (κ2) is 6.20. The molecule has 0 radical (unpaired) electrons. The minimum atomic E-state index is -1.33. The summed E-state index contributed by atoms with van der Waals surface area (Å²) in [6.07, 6.45) is -2.62. The van der Waals surface area contributed by atoms with Gasteiger partial charge in [0.15, 0.2) is 5.75 Å². The van der Waals surface area contributed by atoms with Crippen molar-refractivity contribution >= 4 is 11.6 Å². The van der Waals surface area contributed by atoms with Gasteiger partial charge in [0.25, 0.3) is 5.91 Å². The Morgan fingerprint density at radius 2 is 2.00 bits per heavy atom. The van der Waals surface area contributed by atoms with Crippen molar-refractivity contribution in [3.05, 3.63) is 23.8 Å². The van der Waals surface area contributed by atoms with E-state index in [1.54, 1.807) is 0 Å². The first-order valence-corrected chi connectivity index (χ1v) is 5.30. The monoisotopic (exact) mass is 256 g/mol. The molecule has 0 fully saturated rings. The van der Waals surface area contributed by atoms with E-state index < -0.39 is 24.7 Å². The Morgan fingerprint density at radius 3 is 2.61 bits per heavy atom. The van der Waals surface area contributed by atoms with Gasteiger partial charge in [-0.1, -0.05) is 6.07 Å². The lowest BCUT2D eigenvalue weighted by Gasteiger charge is -2.16. The number of rotatable bonds is 5. The molecule has 0 bridgehead atoms. The molecular weight excluding hydrogens is 240 g/mol. The molecule has 1 rings (SSSR count). The lowest BCUT2D eigenvalue weighted by atomic mass is 10.1. The normalized spacial score (nSPS) is 13.9. The fourth-order valence-corrected chi connectivity index (χ4v) is 1.29. The summed E-state index contributed by atoms with van der Waals surface area (Å²) >= 11 is 0. The molecule has 7 N–H and O–H groups in total. The van der Waals surface area contributed by atoms with Crippen LogP contribution < -0.4 is 11.1 Å². The summed E-state index contributed by atoms with van der Waals surface area (Å²) in [4.78, 5) is 11.7. The van der Waals surface area contributed by atoms with Gasteiger partial charge in [-0.3, -0.25) is 4.79 Å². The van der Waals surface area contributed by atoms with E-state index in [9.17, 15) is 15.0 Å². The lowest BCUT2D eigenvalue weighted by molar-refractivity contribution is -0.0123. The second-order valence-corrected chi connectivity index (χ2v) is 3.77. The van der Waals surface area contributed by atoms with Gasteiger partial charge in [0, 0.05) is 6.54 Å². The van der Waals surface area contributed by atoms with Gasteiger partial charge in [-0.15, -0.1) is 0 Å². The minimum absolute atomic E-state index is 0.0271. The van der Waals surface area contributed by atoms with Crippen molar-refractivity contribution in [1.82, 2.24) is 5.32 Å². The lowest BCUT2D eigenvalue weighted by Crippen LogP contribution is -2.40. The zero-order valence-electron chi connectivity index (χ0n) is 9.58. The Balaban J connectivity index is 2.64. The highest BCUT2D eigenvalue weighted by Gasteiger charge is 2.18. The molecule has 1 amide bonds. The molecule has 0 spiro atoms. The average Bonchev–Trinajstić information content (AvgIpc) is 2.37. The largest absolute Gasteiger partial charge is 0.505 e. The molecule has 0 aliphatic carbocycles. The highest BCUT2D eigenvalue weighted by molar-refractivity contribution is 5.98. The summed E-state index contributed by atoms with van der Waals surface area (Å²) in [6.45, 7) is -0.866. The van der Waals surface area contributed by atoms with Crippen LogP contribution in [-0.2, 0) is 0 Å². The van der Waals surface area contributed by atoms with Crippen LogP contribution in [0, 0.1) is 0 Å². The number of phenols is 1. The molecule has 0 aromatic heterocycles. The molecule has 0 aliphatic heterocycles. The van der Waals surface area contributed by atoms with E-state index in [4.69, 9.17) is 15.9 Å². The number of aliphatic hydroxyl groups excluding tert-OH is 3. The van der Waals surface area contributed by atoms with Crippen LogP contribution in [0.1, 0.15) is 10.4 Å². The molecular formula is C11H16N2O5. The highest BCUT2D eigenvalue weighted by atomic mass is 16.4. The number of hydrogen-bond donors (Lipinski definition) is 6. The summed E-state index contributed by atoms with van der Waals surface area (Å²) in [5.41, 5.74) is 5.47. The average molecular weight is 256 g/mol. The highest BCUT2D eigenvalue weighted by Crippen LogP contribution is 2.23. The molecule has 0 saturated heterocycles. The van der Waals surface area contributed by atoms with Gasteiger partial charge >= 0.3 is 0 Å². The molecule has 0 heterocycles. The zero-order valence-corrected chi connectivity index (χ0v) is 9.58. The number of nitrogen functional groups attached to an aromatic ring is 1. The third kappa shape index (κ3) is 3.33. The number of nitrogens with one attached hydrogen (secondary N) is 1. The Bertz CT molecular complexity index is 424. The number of nitrogens with two attached hydrogens (primary N) is 1. The molecule has 2 unspecified atom stereocenters. The van der Waals surface area contributed by atoms with Gasteiger partial charge in [0.1, 0.15) is 6.10 Å². The molecule has 1 aromatic rings. The second-order valence-electron chi connectivity index (χ2n) is 3.77. The third-order valence-corrected chi connectivity index (χ3v) is 2.41. The van der Waals surface area contributed by atoms with Crippen LogP contribution in [0.5, 0.6) is 5.75 Å². The van der Waals surface area contributed by atoms with E-state index in [1.807, 2.05) is 0 Å². The van der Waals surface area contributed by atoms with Crippen molar-refractivity contribution in [2.24, 2.45) is 0 Å². The van der Waals surface area contributed by atoms with Crippen molar-refractivity contribution in [2.75, 3.05) is 18.9 Å². The first kappa shape index (κ1) is 14.2. The Hall–Kier alpha value is -1.83. The number of hydrogen-bond acceptors (Lipinski definition) is 6. The molecule has 2 atom stereocenters. The summed E-state index contributed by atoms with van der Waals surface area (Å²) in [5, 5.41) is 38.9. The van der Waals surface area contributed by atoms with Gasteiger partial charge < -0.3 is 31.5 Å². The maximum absolute atomic E-state index is 11.7. The van der Waals surface area contributed by atoms with Crippen LogP contribution in [-0.4, -0.2) is 51.7 Å². The van der Waals surface area contributed by atoms with E-state index in [0.717, 1.165) is 0 Å². The number of phenolic OH excluding ortho intramolecular Hbond substituents is 1. The molecule has 100 valence electrons. The number of aromatic hydroxyl groups is 1. The van der Waals surface area contributed by atoms with Crippen molar-refractivity contribution < 1.29 is 25.2 Å². The molecule has 7 nitrogen and oxygen atoms in total. The number of anilines is 1. The molecule has 1 aromatic carbocycles. The van der Waals surface area contributed by atoms with E-state index in [2.05, 4.69) is 5.32 Å². The van der Waals surface area contributed by atoms with Gasteiger partial charge in [-0.25, -0.2) is 0 Å². The van der Waals surface area contributed by atoms with Crippen LogP contribution in [0.4, 0.5) is 5.69 Å². The summed E-state index contributed by atoms with van der Waals surface area (Å²) < 4.78 is 0. The SMILES string of the molecule is Nc1cccc(C(=O)NCC(O)C(O)CO)c1O. The Labute approximate surface area is 103 Å². The molecule has 0 aliphatic rings. The number of carbonyl (C=O) groups excluding carboxylic acids is 1. The maximum atomic E-state index is 11.7. The Kier molecular flexibility index (Phi) is 4.90. The van der Waals surface area contributed by atoms with Crippen molar-refractivity contribution in [3.8, 4) is 5.75 Å². The fourth-order valence-electron chi connectivity index (χ4n) is 1.29. The first-order valence-electron chi connectivity index (χ1n) is 5.30. The maximum Gasteiger partial charge on any atom is 0.255 e. The smallest absolute Gasteiger partial charge is 0.255 e. The molecule has 7 heteroatoms. The predicted octanol–water partition coefficient (Wildman–Crippen LogP) is -1.58. The standard InChI is InChI=1S/C11H16N2O5/c12-7-3-1-2-6(10(7)17)11(18)13-4-8(15)9(16)5-14/h1-3,8-9,14-17H,4-5,12H2,(H,13,18). The topological polar surface area (TPSA) is 136 Å². The van der Waals surface area contributed by atoms with E-state index in [1.165, 1.54) is 18.2 Å². The van der Waals surface area contributed by atoms with E-state index in [0.29, 0.717) is 0 Å². The van der Waals surface area contributed by atoms with Crippen molar-refractivity contribution in [2.45, 2.75) is 12.2 Å². The first-order chi connectivity index (χ1) is 8.47. The minimum Gasteiger partial charge on any atom is -0.505 e. The number of amides is 1. The summed E-state index contributed by atoms with van der Waals surface area (Å²) in [6, 6.07) is 4.31. The Morgan fingerprint density at radius 1 is 1.33 bits per heavy atom. The van der Waals surface area contributed by atoms with E-state index in [-0.39, 0.29) is 23.5 Å². The van der Waals surface area contributed by atoms with E-state index >= 15 is 0 Å². The van der Waals surface area contributed by atoms with Crippen molar-refractivity contribution in [3.63, 3.8) is 0 Å².